The number of carbonyl (C=O) groups is 1. The molecular formula is C21H22FN3O3S. The minimum Gasteiger partial charge on any atom is -0.370 e. The van der Waals surface area contributed by atoms with E-state index >= 15 is 0 Å². The molecule has 3 rings (SSSR count). The molecule has 1 fully saturated rings. The van der Waals surface area contributed by atoms with Crippen molar-refractivity contribution >= 4 is 21.4 Å². The molecule has 0 radical (unpaired) electrons. The van der Waals surface area contributed by atoms with Gasteiger partial charge in [0.2, 0.25) is 5.91 Å². The van der Waals surface area contributed by atoms with Crippen molar-refractivity contribution < 1.29 is 17.6 Å². The van der Waals surface area contributed by atoms with Crippen molar-refractivity contribution in [1.29, 1.82) is 5.26 Å². The Bertz CT molecular complexity index is 999. The van der Waals surface area contributed by atoms with Crippen LogP contribution in [0, 0.1) is 17.1 Å². The van der Waals surface area contributed by atoms with Gasteiger partial charge in [-0.2, -0.15) is 5.26 Å². The molecule has 1 amide bonds. The second-order valence-electron chi connectivity index (χ2n) is 7.04. The van der Waals surface area contributed by atoms with Gasteiger partial charge in [-0.1, -0.05) is 12.1 Å². The van der Waals surface area contributed by atoms with Crippen molar-refractivity contribution in [3.8, 4) is 6.07 Å². The molecule has 0 N–H and O–H groups in total. The number of carbonyl (C=O) groups excluding carboxylic acids is 1. The summed E-state index contributed by atoms with van der Waals surface area (Å²) in [7, 11) is -3.61. The summed E-state index contributed by atoms with van der Waals surface area (Å²) in [6, 6.07) is 14.5. The van der Waals surface area contributed by atoms with Crippen molar-refractivity contribution in [2.45, 2.75) is 12.2 Å². The van der Waals surface area contributed by atoms with E-state index in [4.69, 9.17) is 5.26 Å². The molecule has 0 atom stereocenters. The molecule has 0 saturated carbocycles. The Morgan fingerprint density at radius 2 is 1.69 bits per heavy atom. The van der Waals surface area contributed by atoms with Crippen LogP contribution >= 0.6 is 0 Å². The summed E-state index contributed by atoms with van der Waals surface area (Å²) in [6.45, 7) is 2.19. The zero-order valence-corrected chi connectivity index (χ0v) is 16.7. The summed E-state index contributed by atoms with van der Waals surface area (Å²) in [6.07, 6.45) is 0.707. The first-order valence-corrected chi connectivity index (χ1v) is 11.2. The SMILES string of the molecule is N#Cc1ccc(CS(=O)(=O)CC(=O)N2CCCN(c3ccc(F)cc3)CC2)cc1. The maximum atomic E-state index is 13.1. The number of anilines is 1. The number of halogens is 1. The largest absolute Gasteiger partial charge is 0.370 e. The predicted molar refractivity (Wildman–Crippen MR) is 108 cm³/mol. The van der Waals surface area contributed by atoms with E-state index < -0.39 is 21.5 Å². The lowest BCUT2D eigenvalue weighted by Gasteiger charge is -2.23. The molecule has 2 aromatic carbocycles. The van der Waals surface area contributed by atoms with Gasteiger partial charge in [0, 0.05) is 31.9 Å². The number of nitriles is 1. The topological polar surface area (TPSA) is 81.5 Å². The lowest BCUT2D eigenvalue weighted by atomic mass is 10.2. The summed E-state index contributed by atoms with van der Waals surface area (Å²) in [5.74, 6) is -1.48. The lowest BCUT2D eigenvalue weighted by Crippen LogP contribution is -2.38. The smallest absolute Gasteiger partial charge is 0.237 e. The van der Waals surface area contributed by atoms with Gasteiger partial charge in [0.1, 0.15) is 11.6 Å². The van der Waals surface area contributed by atoms with Crippen LogP contribution in [0.1, 0.15) is 17.5 Å². The Balaban J connectivity index is 1.58. The fourth-order valence-electron chi connectivity index (χ4n) is 3.34. The van der Waals surface area contributed by atoms with Gasteiger partial charge in [0.05, 0.1) is 17.4 Å². The highest BCUT2D eigenvalue weighted by atomic mass is 32.2. The molecule has 2 aromatic rings. The summed E-state index contributed by atoms with van der Waals surface area (Å²) in [5.41, 5.74) is 1.89. The molecule has 0 aromatic heterocycles. The van der Waals surface area contributed by atoms with E-state index in [2.05, 4.69) is 4.90 Å². The third-order valence-electron chi connectivity index (χ3n) is 4.85. The highest BCUT2D eigenvalue weighted by molar-refractivity contribution is 7.91. The molecule has 0 aliphatic carbocycles. The van der Waals surface area contributed by atoms with E-state index in [1.807, 2.05) is 6.07 Å². The summed E-state index contributed by atoms with van der Waals surface area (Å²) < 4.78 is 38.0. The second kappa shape index (κ2) is 9.05. The van der Waals surface area contributed by atoms with Crippen LogP contribution in [0.25, 0.3) is 0 Å². The Morgan fingerprint density at radius 1 is 1.00 bits per heavy atom. The van der Waals surface area contributed by atoms with Crippen LogP contribution in [0.2, 0.25) is 0 Å². The van der Waals surface area contributed by atoms with E-state index in [0.717, 1.165) is 5.69 Å². The van der Waals surface area contributed by atoms with Crippen molar-refractivity contribution in [2.24, 2.45) is 0 Å². The average Bonchev–Trinajstić information content (AvgIpc) is 2.95. The van der Waals surface area contributed by atoms with E-state index in [9.17, 15) is 17.6 Å². The molecule has 1 aliphatic rings. The van der Waals surface area contributed by atoms with Gasteiger partial charge in [0.25, 0.3) is 0 Å². The van der Waals surface area contributed by atoms with Gasteiger partial charge in [0.15, 0.2) is 9.84 Å². The van der Waals surface area contributed by atoms with E-state index in [0.29, 0.717) is 43.7 Å². The summed E-state index contributed by atoms with van der Waals surface area (Å²) in [4.78, 5) is 16.2. The molecule has 152 valence electrons. The van der Waals surface area contributed by atoms with Crippen LogP contribution in [-0.4, -0.2) is 51.2 Å². The molecule has 1 saturated heterocycles. The number of amides is 1. The fourth-order valence-corrected chi connectivity index (χ4v) is 4.70. The standard InChI is InChI=1S/C21H22FN3O3S/c22-19-6-8-20(9-7-19)24-10-1-11-25(13-12-24)21(26)16-29(27,28)15-18-4-2-17(14-23)3-5-18/h2-9H,1,10-13,15-16H2. The van der Waals surface area contributed by atoms with Crippen molar-refractivity contribution in [2.75, 3.05) is 36.8 Å². The summed E-state index contributed by atoms with van der Waals surface area (Å²) in [5, 5.41) is 8.81. The third kappa shape index (κ3) is 5.78. The molecule has 1 heterocycles. The van der Waals surface area contributed by atoms with E-state index in [1.165, 1.54) is 12.1 Å². The van der Waals surface area contributed by atoms with E-state index in [1.54, 1.807) is 41.3 Å². The van der Waals surface area contributed by atoms with E-state index in [-0.39, 0.29) is 11.6 Å². The first-order chi connectivity index (χ1) is 13.9. The van der Waals surface area contributed by atoms with Crippen molar-refractivity contribution in [3.63, 3.8) is 0 Å². The molecule has 0 bridgehead atoms. The Kier molecular flexibility index (Phi) is 6.49. The maximum Gasteiger partial charge on any atom is 0.237 e. The minimum absolute atomic E-state index is 0.236. The Labute approximate surface area is 170 Å². The van der Waals surface area contributed by atoms with Crippen LogP contribution in [0.4, 0.5) is 10.1 Å². The predicted octanol–water partition coefficient (Wildman–Crippen LogP) is 2.35. The van der Waals surface area contributed by atoms with Gasteiger partial charge in [-0.3, -0.25) is 4.79 Å². The molecular weight excluding hydrogens is 393 g/mol. The number of hydrogen-bond donors (Lipinski definition) is 0. The highest BCUT2D eigenvalue weighted by Gasteiger charge is 2.24. The van der Waals surface area contributed by atoms with Gasteiger partial charge >= 0.3 is 0 Å². The summed E-state index contributed by atoms with van der Waals surface area (Å²) >= 11 is 0. The third-order valence-corrected chi connectivity index (χ3v) is 6.31. The first-order valence-electron chi connectivity index (χ1n) is 9.34. The van der Waals surface area contributed by atoms with Crippen LogP contribution in [0.3, 0.4) is 0 Å². The van der Waals surface area contributed by atoms with Crippen molar-refractivity contribution in [3.05, 3.63) is 65.5 Å². The quantitative estimate of drug-likeness (QED) is 0.749. The lowest BCUT2D eigenvalue weighted by molar-refractivity contribution is -0.128. The number of hydrogen-bond acceptors (Lipinski definition) is 5. The monoisotopic (exact) mass is 415 g/mol. The zero-order chi connectivity index (χ0) is 20.9. The molecule has 6 nitrogen and oxygen atoms in total. The normalized spacial score (nSPS) is 14.9. The molecule has 29 heavy (non-hydrogen) atoms. The molecule has 0 spiro atoms. The van der Waals surface area contributed by atoms with Gasteiger partial charge in [-0.25, -0.2) is 12.8 Å². The fraction of sp³-hybridized carbons (Fsp3) is 0.333. The van der Waals surface area contributed by atoms with Crippen molar-refractivity contribution in [1.82, 2.24) is 4.90 Å². The number of benzene rings is 2. The van der Waals surface area contributed by atoms with Gasteiger partial charge in [-0.05, 0) is 48.4 Å². The van der Waals surface area contributed by atoms with Crippen LogP contribution in [0.15, 0.2) is 48.5 Å². The zero-order valence-electron chi connectivity index (χ0n) is 15.9. The average molecular weight is 415 g/mol. The van der Waals surface area contributed by atoms with Crippen LogP contribution < -0.4 is 4.90 Å². The highest BCUT2D eigenvalue weighted by Crippen LogP contribution is 2.17. The molecule has 8 heteroatoms. The van der Waals surface area contributed by atoms with Gasteiger partial charge < -0.3 is 9.80 Å². The molecule has 1 aliphatic heterocycles. The number of sulfone groups is 1. The maximum absolute atomic E-state index is 13.1. The minimum atomic E-state index is -3.61. The second-order valence-corrected chi connectivity index (χ2v) is 9.10. The van der Waals surface area contributed by atoms with Crippen LogP contribution in [0.5, 0.6) is 0 Å². The molecule has 0 unspecified atom stereocenters. The first kappa shape index (κ1) is 20.8. The number of rotatable bonds is 5. The van der Waals surface area contributed by atoms with Gasteiger partial charge in [-0.15, -0.1) is 0 Å². The Hall–Kier alpha value is -2.92. The van der Waals surface area contributed by atoms with Crippen LogP contribution in [-0.2, 0) is 20.4 Å². The Morgan fingerprint density at radius 3 is 2.34 bits per heavy atom. The number of nitrogens with zero attached hydrogens (tertiary/aromatic N) is 3.